The molecule has 0 aromatic heterocycles. The van der Waals surface area contributed by atoms with E-state index in [0.717, 1.165) is 37.9 Å². The summed E-state index contributed by atoms with van der Waals surface area (Å²) in [5, 5.41) is 10.0. The van der Waals surface area contributed by atoms with E-state index < -0.39 is 6.10 Å². The van der Waals surface area contributed by atoms with Crippen LogP contribution in [0, 0.1) is 17.3 Å². The van der Waals surface area contributed by atoms with Gasteiger partial charge in [0.1, 0.15) is 11.9 Å². The van der Waals surface area contributed by atoms with Crippen molar-refractivity contribution in [2.75, 3.05) is 7.11 Å². The molecule has 0 spiro atoms. The summed E-state index contributed by atoms with van der Waals surface area (Å²) in [5.41, 5.74) is 2.60. The summed E-state index contributed by atoms with van der Waals surface area (Å²) < 4.78 is 5.37. The van der Waals surface area contributed by atoms with Crippen LogP contribution in [-0.2, 0) is 11.2 Å². The molecule has 1 aromatic rings. The fourth-order valence-corrected chi connectivity index (χ4v) is 5.69. The van der Waals surface area contributed by atoms with Gasteiger partial charge in [0, 0.05) is 5.41 Å². The van der Waals surface area contributed by atoms with Crippen LogP contribution in [0.4, 0.5) is 0 Å². The number of ketones is 1. The molecule has 1 aromatic carbocycles. The Balaban J connectivity index is 1.68. The molecule has 3 aliphatic rings. The van der Waals surface area contributed by atoms with Gasteiger partial charge < -0.3 is 9.84 Å². The Labute approximate surface area is 138 Å². The molecule has 0 radical (unpaired) electrons. The number of aliphatic hydroxyl groups is 1. The van der Waals surface area contributed by atoms with Gasteiger partial charge in [-0.25, -0.2) is 0 Å². The van der Waals surface area contributed by atoms with Crippen LogP contribution in [0.2, 0.25) is 0 Å². The molecule has 3 nitrogen and oxygen atoms in total. The normalized spacial score (nSPS) is 39.2. The zero-order valence-corrected chi connectivity index (χ0v) is 14.0. The minimum Gasteiger partial charge on any atom is -0.497 e. The SMILES string of the molecule is COc1ccc2c(c1)CC[C@@H]1[C@@H]2CC[C@]2(C)C(=O)[C@@H](O)CC[C@@H]12. The van der Waals surface area contributed by atoms with Crippen LogP contribution in [0.3, 0.4) is 0 Å². The van der Waals surface area contributed by atoms with Crippen LogP contribution in [0.15, 0.2) is 18.2 Å². The average Bonchev–Trinajstić information content (AvgIpc) is 2.57. The molecular weight excluding hydrogens is 288 g/mol. The van der Waals surface area contributed by atoms with Crippen molar-refractivity contribution in [3.05, 3.63) is 29.3 Å². The van der Waals surface area contributed by atoms with Crippen LogP contribution >= 0.6 is 0 Å². The number of aliphatic hydroxyl groups excluding tert-OH is 1. The quantitative estimate of drug-likeness (QED) is 0.863. The number of aryl methyl sites for hydroxylation is 1. The number of fused-ring (bicyclic) bond motifs is 5. The van der Waals surface area contributed by atoms with E-state index in [4.69, 9.17) is 4.74 Å². The average molecular weight is 314 g/mol. The summed E-state index contributed by atoms with van der Waals surface area (Å²) in [6.45, 7) is 2.11. The maximum atomic E-state index is 12.6. The van der Waals surface area contributed by atoms with Gasteiger partial charge in [-0.1, -0.05) is 13.0 Å². The molecule has 1 N–H and O–H groups in total. The topological polar surface area (TPSA) is 46.5 Å². The van der Waals surface area contributed by atoms with Crippen molar-refractivity contribution in [1.29, 1.82) is 0 Å². The highest BCUT2D eigenvalue weighted by atomic mass is 16.5. The van der Waals surface area contributed by atoms with E-state index in [1.807, 2.05) is 0 Å². The zero-order valence-electron chi connectivity index (χ0n) is 14.0. The number of hydrogen-bond acceptors (Lipinski definition) is 3. The Kier molecular flexibility index (Phi) is 3.53. The maximum Gasteiger partial charge on any atom is 0.167 e. The molecule has 3 heteroatoms. The molecule has 4 rings (SSSR count). The van der Waals surface area contributed by atoms with Crippen molar-refractivity contribution in [3.8, 4) is 5.75 Å². The van der Waals surface area contributed by atoms with E-state index in [2.05, 4.69) is 25.1 Å². The number of hydrogen-bond donors (Lipinski definition) is 1. The van der Waals surface area contributed by atoms with Gasteiger partial charge in [0.15, 0.2) is 5.78 Å². The first-order chi connectivity index (χ1) is 11.0. The van der Waals surface area contributed by atoms with Crippen LogP contribution in [-0.4, -0.2) is 24.1 Å². The molecule has 0 heterocycles. The van der Waals surface area contributed by atoms with Crippen LogP contribution in [0.25, 0.3) is 0 Å². The summed E-state index contributed by atoms with van der Waals surface area (Å²) >= 11 is 0. The van der Waals surface area contributed by atoms with E-state index in [-0.39, 0.29) is 11.2 Å². The highest BCUT2D eigenvalue weighted by Crippen LogP contribution is 2.58. The van der Waals surface area contributed by atoms with Gasteiger partial charge in [-0.2, -0.15) is 0 Å². The third-order valence-corrected chi connectivity index (χ3v) is 6.94. The lowest BCUT2D eigenvalue weighted by Crippen LogP contribution is -2.53. The maximum absolute atomic E-state index is 12.6. The predicted molar refractivity (Wildman–Crippen MR) is 88.6 cm³/mol. The van der Waals surface area contributed by atoms with E-state index in [9.17, 15) is 9.90 Å². The first-order valence-corrected chi connectivity index (χ1v) is 8.94. The monoisotopic (exact) mass is 314 g/mol. The summed E-state index contributed by atoms with van der Waals surface area (Å²) in [6, 6.07) is 6.51. The second-order valence-corrected chi connectivity index (χ2v) is 7.89. The Morgan fingerprint density at radius 3 is 2.83 bits per heavy atom. The third kappa shape index (κ3) is 2.16. The lowest BCUT2D eigenvalue weighted by Gasteiger charge is -2.54. The van der Waals surface area contributed by atoms with Gasteiger partial charge in [0.05, 0.1) is 7.11 Å². The van der Waals surface area contributed by atoms with Gasteiger partial charge in [-0.3, -0.25) is 4.79 Å². The third-order valence-electron chi connectivity index (χ3n) is 6.94. The zero-order chi connectivity index (χ0) is 16.2. The van der Waals surface area contributed by atoms with Crippen molar-refractivity contribution in [3.63, 3.8) is 0 Å². The molecule has 0 amide bonds. The predicted octanol–water partition coefficient (Wildman–Crippen LogP) is 3.48. The fourth-order valence-electron chi connectivity index (χ4n) is 5.69. The molecule has 2 saturated carbocycles. The highest BCUT2D eigenvalue weighted by molar-refractivity contribution is 5.89. The van der Waals surface area contributed by atoms with Crippen molar-refractivity contribution in [2.24, 2.45) is 17.3 Å². The Hall–Kier alpha value is -1.35. The highest BCUT2D eigenvalue weighted by Gasteiger charge is 2.54. The summed E-state index contributed by atoms with van der Waals surface area (Å²) in [5.74, 6) is 2.65. The number of benzene rings is 1. The number of Topliss-reactive ketones (excluding diaryl/α,β-unsaturated/α-hetero) is 1. The van der Waals surface area contributed by atoms with Gasteiger partial charge in [-0.15, -0.1) is 0 Å². The van der Waals surface area contributed by atoms with Gasteiger partial charge in [-0.05, 0) is 79.5 Å². The number of methoxy groups -OCH3 is 1. The molecule has 124 valence electrons. The minimum absolute atomic E-state index is 0.104. The van der Waals surface area contributed by atoms with Gasteiger partial charge in [0.2, 0.25) is 0 Å². The van der Waals surface area contributed by atoms with Gasteiger partial charge in [0.25, 0.3) is 0 Å². The Morgan fingerprint density at radius 1 is 1.22 bits per heavy atom. The first-order valence-electron chi connectivity index (χ1n) is 8.94. The molecule has 5 atom stereocenters. The largest absolute Gasteiger partial charge is 0.497 e. The van der Waals surface area contributed by atoms with Crippen LogP contribution in [0.5, 0.6) is 5.75 Å². The number of rotatable bonds is 1. The smallest absolute Gasteiger partial charge is 0.167 e. The van der Waals surface area contributed by atoms with Crippen molar-refractivity contribution < 1.29 is 14.6 Å². The van der Waals surface area contributed by atoms with Crippen LogP contribution in [0.1, 0.15) is 56.1 Å². The molecule has 3 aliphatic carbocycles. The van der Waals surface area contributed by atoms with E-state index >= 15 is 0 Å². The van der Waals surface area contributed by atoms with Crippen molar-refractivity contribution in [2.45, 2.75) is 57.5 Å². The molecule has 23 heavy (non-hydrogen) atoms. The molecular formula is C20H26O3. The number of carbonyl (C=O) groups is 1. The lowest BCUT2D eigenvalue weighted by atomic mass is 9.50. The summed E-state index contributed by atoms with van der Waals surface area (Å²) in [6.07, 6.45) is 5.14. The van der Waals surface area contributed by atoms with Crippen molar-refractivity contribution >= 4 is 5.78 Å². The van der Waals surface area contributed by atoms with E-state index in [1.165, 1.54) is 11.1 Å². The standard InChI is InChI=1S/C20H26O3/c1-20-10-9-15-14-6-4-13(23-2)11-12(14)3-5-16(15)17(20)7-8-18(21)19(20)22/h4,6,11,15-18,21H,3,5,7-10H2,1-2H3/t15-,16-,17+,18+,20+/m1/s1. The first kappa shape index (κ1) is 15.2. The summed E-state index contributed by atoms with van der Waals surface area (Å²) in [4.78, 5) is 12.6. The molecule has 2 fully saturated rings. The Bertz CT molecular complexity index is 638. The minimum atomic E-state index is -0.729. The van der Waals surface area contributed by atoms with Crippen LogP contribution < -0.4 is 4.74 Å². The summed E-state index contributed by atoms with van der Waals surface area (Å²) in [7, 11) is 1.72. The molecule has 0 unspecified atom stereocenters. The van der Waals surface area contributed by atoms with Crippen molar-refractivity contribution in [1.82, 2.24) is 0 Å². The number of ether oxygens (including phenoxy) is 1. The van der Waals surface area contributed by atoms with E-state index in [1.54, 1.807) is 7.11 Å². The number of carbonyl (C=O) groups excluding carboxylic acids is 1. The Morgan fingerprint density at radius 2 is 2.04 bits per heavy atom. The van der Waals surface area contributed by atoms with E-state index in [0.29, 0.717) is 24.2 Å². The van der Waals surface area contributed by atoms with Gasteiger partial charge >= 0.3 is 0 Å². The lowest BCUT2D eigenvalue weighted by molar-refractivity contribution is -0.151. The fraction of sp³-hybridized carbons (Fsp3) is 0.650. The molecule has 0 saturated heterocycles. The molecule has 0 aliphatic heterocycles. The second kappa shape index (κ2) is 5.34. The molecule has 0 bridgehead atoms. The second-order valence-electron chi connectivity index (χ2n) is 7.89.